The van der Waals surface area contributed by atoms with Gasteiger partial charge in [-0.1, -0.05) is 12.1 Å². The molecule has 0 N–H and O–H groups in total. The molecule has 0 spiro atoms. The van der Waals surface area contributed by atoms with E-state index in [1.54, 1.807) is 25.1 Å². The summed E-state index contributed by atoms with van der Waals surface area (Å²) in [4.78, 5) is 0. The van der Waals surface area contributed by atoms with E-state index < -0.39 is 13.5 Å². The van der Waals surface area contributed by atoms with Crippen molar-refractivity contribution in [2.75, 3.05) is 6.51 Å². The molecule has 0 amide bonds. The third-order valence-corrected chi connectivity index (χ3v) is 1.43. The Morgan fingerprint density at radius 3 is 2.43 bits per heavy atom. The molecule has 72 valence electrons. The van der Waals surface area contributed by atoms with Gasteiger partial charge in [0.25, 0.3) is 0 Å². The van der Waals surface area contributed by atoms with Gasteiger partial charge in [0.2, 0.25) is 0 Å². The number of ether oxygens (including phenoxy) is 1. The maximum Gasteiger partial charge on any atom is 1.00 e. The summed E-state index contributed by atoms with van der Waals surface area (Å²) in [6, 6.07) is 6.54. The van der Waals surface area contributed by atoms with Crippen LogP contribution in [0.1, 0.15) is 5.56 Å². The van der Waals surface area contributed by atoms with Gasteiger partial charge in [0, 0.05) is 0 Å². The fourth-order valence-electron chi connectivity index (χ4n) is 0.896. The van der Waals surface area contributed by atoms with E-state index in [4.69, 9.17) is 0 Å². The summed E-state index contributed by atoms with van der Waals surface area (Å²) >= 11 is 0. The van der Waals surface area contributed by atoms with E-state index in [0.29, 0.717) is 0 Å². The topological polar surface area (TPSA) is 9.23 Å². The fraction of sp³-hybridized carbons (Fsp3) is 0.250. The Morgan fingerprint density at radius 2 is 1.93 bits per heavy atom. The monoisotopic (exact) mass is 228 g/mol. The SMILES string of the molecule is Cc1cccc(OC[B-](F)(F)F)c1.[K+]. The predicted octanol–water partition coefficient (Wildman–Crippen LogP) is -0.236. The first-order chi connectivity index (χ1) is 5.97. The van der Waals surface area contributed by atoms with E-state index in [2.05, 4.69) is 4.74 Å². The van der Waals surface area contributed by atoms with Crippen LogP contribution in [0.5, 0.6) is 5.75 Å². The van der Waals surface area contributed by atoms with Gasteiger partial charge in [-0.25, -0.2) is 0 Å². The molecule has 1 aromatic carbocycles. The van der Waals surface area contributed by atoms with Crippen molar-refractivity contribution in [3.05, 3.63) is 29.8 Å². The summed E-state index contributed by atoms with van der Waals surface area (Å²) in [6.07, 6.45) is 0. The van der Waals surface area contributed by atoms with Crippen molar-refractivity contribution in [2.45, 2.75) is 6.92 Å². The Labute approximate surface area is 123 Å². The van der Waals surface area contributed by atoms with Crippen molar-refractivity contribution in [3.8, 4) is 5.75 Å². The van der Waals surface area contributed by atoms with Crippen molar-refractivity contribution >= 4 is 6.98 Å². The van der Waals surface area contributed by atoms with Crippen molar-refractivity contribution in [1.29, 1.82) is 0 Å². The van der Waals surface area contributed by atoms with Gasteiger partial charge in [-0.3, -0.25) is 0 Å². The smallest absolute Gasteiger partial charge is 0.522 e. The average molecular weight is 228 g/mol. The van der Waals surface area contributed by atoms with Crippen LogP contribution >= 0.6 is 0 Å². The molecule has 0 aliphatic rings. The van der Waals surface area contributed by atoms with E-state index in [1.807, 2.05) is 0 Å². The Hall–Kier alpha value is 0.511. The molecule has 1 nitrogen and oxygen atoms in total. The van der Waals surface area contributed by atoms with Crippen molar-refractivity contribution < 1.29 is 69.1 Å². The molecule has 0 bridgehead atoms. The Balaban J connectivity index is 0.00000169. The van der Waals surface area contributed by atoms with Gasteiger partial charge in [-0.15, -0.1) is 0 Å². The van der Waals surface area contributed by atoms with Crippen LogP contribution in [0.25, 0.3) is 0 Å². The molecule has 14 heavy (non-hydrogen) atoms. The van der Waals surface area contributed by atoms with Crippen LogP contribution in [0, 0.1) is 6.92 Å². The molecular formula is C8H9BF3KO. The van der Waals surface area contributed by atoms with E-state index in [9.17, 15) is 12.9 Å². The summed E-state index contributed by atoms with van der Waals surface area (Å²) in [5, 5.41) is 0. The molecule has 0 heterocycles. The quantitative estimate of drug-likeness (QED) is 0.649. The average Bonchev–Trinajstić information content (AvgIpc) is 2.00. The minimum Gasteiger partial charge on any atom is -0.522 e. The molecule has 0 aliphatic heterocycles. The molecule has 0 atom stereocenters. The summed E-state index contributed by atoms with van der Waals surface area (Å²) in [6.45, 7) is -4.24. The molecule has 0 aliphatic carbocycles. The van der Waals surface area contributed by atoms with E-state index in [1.165, 1.54) is 6.07 Å². The van der Waals surface area contributed by atoms with Gasteiger partial charge in [-0.2, -0.15) is 0 Å². The maximum atomic E-state index is 11.8. The van der Waals surface area contributed by atoms with Crippen LogP contribution in [0.2, 0.25) is 0 Å². The van der Waals surface area contributed by atoms with E-state index in [0.717, 1.165) is 5.56 Å². The number of halogens is 3. The predicted molar refractivity (Wildman–Crippen MR) is 45.8 cm³/mol. The molecule has 0 unspecified atom stereocenters. The van der Waals surface area contributed by atoms with Crippen LogP contribution in [-0.4, -0.2) is 13.5 Å². The first-order valence-corrected chi connectivity index (χ1v) is 3.88. The largest absolute Gasteiger partial charge is 1.00 e. The molecule has 0 saturated carbocycles. The standard InChI is InChI=1S/C8H9BF3O.K/c1-7-3-2-4-8(5-7)13-6-9(10,11)12;/h2-5H,6H2,1H3;/q-1;+1. The normalized spacial score (nSPS) is 10.6. The molecule has 0 fully saturated rings. The first kappa shape index (κ1) is 14.5. The number of aryl methyl sites for hydroxylation is 1. The minimum absolute atomic E-state index is 0. The molecule has 6 heteroatoms. The van der Waals surface area contributed by atoms with E-state index in [-0.39, 0.29) is 57.1 Å². The van der Waals surface area contributed by atoms with Gasteiger partial charge in [0.15, 0.2) is 0 Å². The number of hydrogen-bond donors (Lipinski definition) is 0. The van der Waals surface area contributed by atoms with Gasteiger partial charge < -0.3 is 17.7 Å². The number of rotatable bonds is 3. The van der Waals surface area contributed by atoms with Crippen LogP contribution in [0.15, 0.2) is 24.3 Å². The molecule has 0 aromatic heterocycles. The van der Waals surface area contributed by atoms with Crippen molar-refractivity contribution in [2.24, 2.45) is 0 Å². The van der Waals surface area contributed by atoms with Crippen molar-refractivity contribution in [3.63, 3.8) is 0 Å². The van der Waals surface area contributed by atoms with Crippen LogP contribution < -0.4 is 56.1 Å². The van der Waals surface area contributed by atoms with Crippen LogP contribution in [0.4, 0.5) is 12.9 Å². The zero-order valence-corrected chi connectivity index (χ0v) is 11.3. The molecular weight excluding hydrogens is 219 g/mol. The van der Waals surface area contributed by atoms with Gasteiger partial charge >= 0.3 is 58.4 Å². The summed E-state index contributed by atoms with van der Waals surface area (Å²) in [7, 11) is 0. The minimum atomic E-state index is -4.86. The Morgan fingerprint density at radius 1 is 1.29 bits per heavy atom. The summed E-state index contributed by atoms with van der Waals surface area (Å²) < 4.78 is 39.9. The van der Waals surface area contributed by atoms with Crippen LogP contribution in [0.3, 0.4) is 0 Å². The first-order valence-electron chi connectivity index (χ1n) is 3.88. The number of benzene rings is 1. The van der Waals surface area contributed by atoms with Gasteiger partial charge in [0.05, 0.1) is 6.51 Å². The third kappa shape index (κ3) is 6.08. The zero-order valence-electron chi connectivity index (χ0n) is 8.14. The summed E-state index contributed by atoms with van der Waals surface area (Å²) in [5.41, 5.74) is 0.882. The molecule has 1 aromatic rings. The molecule has 1 rings (SSSR count). The molecule has 0 saturated heterocycles. The van der Waals surface area contributed by atoms with E-state index >= 15 is 0 Å². The second-order valence-corrected chi connectivity index (χ2v) is 2.84. The zero-order chi connectivity index (χ0) is 9.90. The summed E-state index contributed by atoms with van der Waals surface area (Å²) in [5.74, 6) is 0.263. The van der Waals surface area contributed by atoms with Crippen molar-refractivity contribution in [1.82, 2.24) is 0 Å². The van der Waals surface area contributed by atoms with Gasteiger partial charge in [0.1, 0.15) is 5.75 Å². The second kappa shape index (κ2) is 6.17. The maximum absolute atomic E-state index is 11.8. The number of hydrogen-bond acceptors (Lipinski definition) is 1. The molecule has 0 radical (unpaired) electrons. The Bertz CT molecular complexity index is 290. The Kier molecular flexibility index (Phi) is 6.40. The van der Waals surface area contributed by atoms with Gasteiger partial charge in [-0.05, 0) is 24.6 Å². The third-order valence-electron chi connectivity index (χ3n) is 1.43. The fourth-order valence-corrected chi connectivity index (χ4v) is 0.896. The second-order valence-electron chi connectivity index (χ2n) is 2.84. The van der Waals surface area contributed by atoms with Crippen LogP contribution in [-0.2, 0) is 0 Å².